The van der Waals surface area contributed by atoms with Crippen LogP contribution < -0.4 is 10.6 Å². The lowest BCUT2D eigenvalue weighted by Crippen LogP contribution is -2.44. The Morgan fingerprint density at radius 3 is 2.64 bits per heavy atom. The number of halogens is 2. The van der Waals surface area contributed by atoms with Crippen molar-refractivity contribution in [3.8, 4) is 0 Å². The van der Waals surface area contributed by atoms with Crippen LogP contribution in [0.1, 0.15) is 73.9 Å². The van der Waals surface area contributed by atoms with Gasteiger partial charge < -0.3 is 20.0 Å². The molecule has 0 aliphatic carbocycles. The largest absolute Gasteiger partial charge is 0.447 e. The normalized spacial score (nSPS) is 14.9. The number of aromatic nitrogens is 3. The molecule has 1 aliphatic rings. The molecule has 1 aromatic carbocycles. The molecule has 2 aromatic heterocycles. The van der Waals surface area contributed by atoms with E-state index < -0.39 is 0 Å². The Kier molecular flexibility index (Phi) is 10.3. The molecule has 0 radical (unpaired) electrons. The van der Waals surface area contributed by atoms with E-state index in [0.717, 1.165) is 6.54 Å². The summed E-state index contributed by atoms with van der Waals surface area (Å²) >= 11 is 0. The van der Waals surface area contributed by atoms with Crippen LogP contribution in [0.2, 0.25) is 0 Å². The molecule has 0 bridgehead atoms. The predicted molar refractivity (Wildman–Crippen MR) is 146 cm³/mol. The van der Waals surface area contributed by atoms with Gasteiger partial charge in [-0.05, 0) is 17.0 Å². The van der Waals surface area contributed by atoms with Crippen molar-refractivity contribution in [1.82, 2.24) is 25.2 Å². The molecular weight excluding hydrogens is 499 g/mol. The second-order valence-corrected chi connectivity index (χ2v) is 10.2. The Labute approximate surface area is 225 Å². The van der Waals surface area contributed by atoms with Crippen molar-refractivity contribution < 1.29 is 9.21 Å². The van der Waals surface area contributed by atoms with Gasteiger partial charge in [-0.2, -0.15) is 0 Å². The lowest BCUT2D eigenvalue weighted by Gasteiger charge is -2.37. The molecule has 0 saturated heterocycles. The smallest absolute Gasteiger partial charge is 0.259 e. The molecule has 0 saturated carbocycles. The van der Waals surface area contributed by atoms with Crippen LogP contribution in [-0.2, 0) is 18.5 Å². The second-order valence-electron chi connectivity index (χ2n) is 10.2. The van der Waals surface area contributed by atoms with Crippen molar-refractivity contribution in [2.24, 2.45) is 5.92 Å². The monoisotopic (exact) mass is 534 g/mol. The number of rotatable bonds is 7. The van der Waals surface area contributed by atoms with E-state index in [4.69, 9.17) is 9.40 Å². The summed E-state index contributed by atoms with van der Waals surface area (Å²) in [4.78, 5) is 29.5. The Morgan fingerprint density at radius 2 is 1.97 bits per heavy atom. The van der Waals surface area contributed by atoms with Gasteiger partial charge >= 0.3 is 0 Å². The van der Waals surface area contributed by atoms with Gasteiger partial charge in [-0.15, -0.1) is 24.8 Å². The van der Waals surface area contributed by atoms with E-state index in [2.05, 4.69) is 67.4 Å². The standard InChI is InChI=1S/C26H34N6O2.2ClH/c1-17(2)16-32(21-14-27-12-18-8-6-7-9-19(18)21)24(33)20-13-30-25(26(3,4)5)31-23(20)29-15-22-28-10-11-34-22;;/h6-11,13,17,21,27H,12,14-16H2,1-5H3,(H,29,30,31);2*1H. The van der Waals surface area contributed by atoms with E-state index in [1.54, 1.807) is 12.4 Å². The van der Waals surface area contributed by atoms with Crippen molar-refractivity contribution in [3.05, 3.63) is 71.3 Å². The van der Waals surface area contributed by atoms with Gasteiger partial charge in [0.05, 0.1) is 18.8 Å². The fourth-order valence-corrected chi connectivity index (χ4v) is 4.19. The van der Waals surface area contributed by atoms with Crippen LogP contribution in [0.15, 0.2) is 47.3 Å². The van der Waals surface area contributed by atoms with Crippen LogP contribution in [0, 0.1) is 5.92 Å². The maximum absolute atomic E-state index is 14.1. The van der Waals surface area contributed by atoms with Crippen LogP contribution in [0.5, 0.6) is 0 Å². The molecule has 1 aliphatic heterocycles. The highest BCUT2D eigenvalue weighted by molar-refractivity contribution is 5.98. The summed E-state index contributed by atoms with van der Waals surface area (Å²) in [6.45, 7) is 12.9. The Hall–Kier alpha value is -2.68. The predicted octanol–water partition coefficient (Wildman–Crippen LogP) is 5.16. The average Bonchev–Trinajstić information content (AvgIpc) is 3.33. The lowest BCUT2D eigenvalue weighted by atomic mass is 9.94. The highest BCUT2D eigenvalue weighted by Crippen LogP contribution is 2.31. The topological polar surface area (TPSA) is 96.2 Å². The van der Waals surface area contributed by atoms with E-state index in [1.807, 2.05) is 17.0 Å². The number of hydrogen-bond acceptors (Lipinski definition) is 7. The number of oxazole rings is 1. The van der Waals surface area contributed by atoms with Gasteiger partial charge in [0.15, 0.2) is 0 Å². The van der Waals surface area contributed by atoms with E-state index in [1.165, 1.54) is 17.4 Å². The Balaban J connectivity index is 0.00000228. The van der Waals surface area contributed by atoms with Crippen LogP contribution in [0.3, 0.4) is 0 Å². The van der Waals surface area contributed by atoms with Gasteiger partial charge in [-0.25, -0.2) is 15.0 Å². The Morgan fingerprint density at radius 1 is 1.22 bits per heavy atom. The number of fused-ring (bicyclic) bond motifs is 1. The summed E-state index contributed by atoms with van der Waals surface area (Å²) in [7, 11) is 0. The third-order valence-corrected chi connectivity index (χ3v) is 5.85. The van der Waals surface area contributed by atoms with Gasteiger partial charge in [-0.3, -0.25) is 4.79 Å². The summed E-state index contributed by atoms with van der Waals surface area (Å²) in [6.07, 6.45) is 4.78. The van der Waals surface area contributed by atoms with Crippen molar-refractivity contribution in [3.63, 3.8) is 0 Å². The molecule has 36 heavy (non-hydrogen) atoms. The zero-order chi connectivity index (χ0) is 24.3. The van der Waals surface area contributed by atoms with Crippen LogP contribution in [-0.4, -0.2) is 38.8 Å². The summed E-state index contributed by atoms with van der Waals surface area (Å²) in [5, 5.41) is 6.75. The Bertz CT molecular complexity index is 1130. The molecule has 10 heteroatoms. The minimum atomic E-state index is -0.259. The lowest BCUT2D eigenvalue weighted by molar-refractivity contribution is 0.0638. The SMILES string of the molecule is CC(C)CN(C(=O)c1cnc(C(C)(C)C)nc1NCc1ncco1)C1CNCc2ccccc21.Cl.Cl. The first kappa shape index (κ1) is 29.5. The van der Waals surface area contributed by atoms with Crippen molar-refractivity contribution >= 4 is 36.5 Å². The molecule has 1 unspecified atom stereocenters. The maximum atomic E-state index is 14.1. The zero-order valence-electron chi connectivity index (χ0n) is 21.4. The second kappa shape index (κ2) is 12.5. The summed E-state index contributed by atoms with van der Waals surface area (Å²) in [5.41, 5.74) is 2.60. The van der Waals surface area contributed by atoms with Crippen molar-refractivity contribution in [2.75, 3.05) is 18.4 Å². The molecule has 1 amide bonds. The van der Waals surface area contributed by atoms with E-state index in [9.17, 15) is 4.79 Å². The third-order valence-electron chi connectivity index (χ3n) is 5.85. The summed E-state index contributed by atoms with van der Waals surface area (Å²) < 4.78 is 5.37. The van der Waals surface area contributed by atoms with Gasteiger partial charge in [-0.1, -0.05) is 58.9 Å². The zero-order valence-corrected chi connectivity index (χ0v) is 23.1. The molecule has 2 N–H and O–H groups in total. The quantitative estimate of drug-likeness (QED) is 0.432. The molecule has 0 spiro atoms. The first-order valence-corrected chi connectivity index (χ1v) is 11.8. The molecule has 3 aromatic rings. The molecule has 0 fully saturated rings. The number of nitrogens with one attached hydrogen (secondary N) is 2. The summed E-state index contributed by atoms with van der Waals surface area (Å²) in [6, 6.07) is 8.27. The van der Waals surface area contributed by atoms with Crippen LogP contribution >= 0.6 is 24.8 Å². The average molecular weight is 536 g/mol. The third kappa shape index (κ3) is 6.75. The molecule has 4 rings (SSSR count). The number of carbonyl (C=O) groups excluding carboxylic acids is 1. The fraction of sp³-hybridized carbons (Fsp3) is 0.462. The number of benzene rings is 1. The number of hydrogen-bond donors (Lipinski definition) is 2. The minimum absolute atomic E-state index is 0. The molecule has 3 heterocycles. The summed E-state index contributed by atoms with van der Waals surface area (Å²) in [5.74, 6) is 1.90. The number of carbonyl (C=O) groups is 1. The van der Waals surface area contributed by atoms with Crippen LogP contribution in [0.25, 0.3) is 0 Å². The van der Waals surface area contributed by atoms with Crippen molar-refractivity contribution in [2.45, 2.75) is 59.2 Å². The van der Waals surface area contributed by atoms with Crippen LogP contribution in [0.4, 0.5) is 5.82 Å². The molecular formula is C26H36Cl2N6O2. The number of nitrogens with zero attached hydrogens (tertiary/aromatic N) is 4. The van der Waals surface area contributed by atoms with Crippen molar-refractivity contribution in [1.29, 1.82) is 0 Å². The molecule has 1 atom stereocenters. The number of amides is 1. The first-order chi connectivity index (χ1) is 16.2. The van der Waals surface area contributed by atoms with Gasteiger partial charge in [0.25, 0.3) is 5.91 Å². The van der Waals surface area contributed by atoms with E-state index >= 15 is 0 Å². The first-order valence-electron chi connectivity index (χ1n) is 11.8. The van der Waals surface area contributed by atoms with Gasteiger partial charge in [0.1, 0.15) is 23.5 Å². The van der Waals surface area contributed by atoms with Gasteiger partial charge in [0, 0.05) is 31.2 Å². The van der Waals surface area contributed by atoms with E-state index in [0.29, 0.717) is 48.6 Å². The fourth-order valence-electron chi connectivity index (χ4n) is 4.19. The minimum Gasteiger partial charge on any atom is -0.447 e. The highest BCUT2D eigenvalue weighted by atomic mass is 35.5. The maximum Gasteiger partial charge on any atom is 0.259 e. The highest BCUT2D eigenvalue weighted by Gasteiger charge is 2.32. The number of anilines is 1. The van der Waals surface area contributed by atoms with E-state index in [-0.39, 0.29) is 42.2 Å². The molecule has 196 valence electrons. The molecule has 8 nitrogen and oxygen atoms in total. The van der Waals surface area contributed by atoms with Gasteiger partial charge in [0.2, 0.25) is 5.89 Å².